The lowest BCUT2D eigenvalue weighted by Gasteiger charge is -2.05. The van der Waals surface area contributed by atoms with Crippen molar-refractivity contribution in [1.29, 1.82) is 0 Å². The largest absolute Gasteiger partial charge is 0.355 e. The van der Waals surface area contributed by atoms with Crippen LogP contribution in [0.3, 0.4) is 0 Å². The van der Waals surface area contributed by atoms with Crippen LogP contribution in [-0.4, -0.2) is 40.0 Å². The zero-order valence-electron chi connectivity index (χ0n) is 13.4. The molecule has 2 amide bonds. The van der Waals surface area contributed by atoms with Gasteiger partial charge in [-0.05, 0) is 17.9 Å². The standard InChI is InChI=1S/C16H14ClN5O3S/c17-14-9-18-8-11(21-14)16(24)20-5-2-4-19-15(23)10-7-12(25-22-10)13-3-1-6-26-13/h1,3,6-9H,2,4-5H2,(H,19,23)(H,20,24). The number of nitrogens with zero attached hydrogens (tertiary/aromatic N) is 3. The van der Waals surface area contributed by atoms with E-state index in [2.05, 4.69) is 25.8 Å². The molecule has 0 bridgehead atoms. The van der Waals surface area contributed by atoms with E-state index in [-0.39, 0.29) is 28.4 Å². The molecule has 0 saturated carbocycles. The summed E-state index contributed by atoms with van der Waals surface area (Å²) in [6, 6.07) is 5.38. The van der Waals surface area contributed by atoms with E-state index in [1.165, 1.54) is 23.7 Å². The molecule has 134 valence electrons. The Morgan fingerprint density at radius 1 is 1.15 bits per heavy atom. The smallest absolute Gasteiger partial charge is 0.273 e. The van der Waals surface area contributed by atoms with Crippen LogP contribution in [-0.2, 0) is 0 Å². The van der Waals surface area contributed by atoms with Crippen molar-refractivity contribution in [2.45, 2.75) is 6.42 Å². The number of hydrogen-bond acceptors (Lipinski definition) is 7. The number of thiophene rings is 1. The van der Waals surface area contributed by atoms with Crippen LogP contribution in [0.1, 0.15) is 27.4 Å². The third-order valence-electron chi connectivity index (χ3n) is 3.27. The molecule has 3 heterocycles. The number of nitrogens with one attached hydrogen (secondary N) is 2. The number of hydrogen-bond donors (Lipinski definition) is 2. The Kier molecular flexibility index (Phi) is 5.92. The van der Waals surface area contributed by atoms with Gasteiger partial charge in [-0.25, -0.2) is 4.98 Å². The van der Waals surface area contributed by atoms with Crippen LogP contribution >= 0.6 is 22.9 Å². The number of carbonyl (C=O) groups is 2. The second-order valence-electron chi connectivity index (χ2n) is 5.15. The Hall–Kier alpha value is -2.78. The summed E-state index contributed by atoms with van der Waals surface area (Å²) in [5.41, 5.74) is 0.358. The summed E-state index contributed by atoms with van der Waals surface area (Å²) >= 11 is 7.19. The van der Waals surface area contributed by atoms with Crippen molar-refractivity contribution in [3.63, 3.8) is 0 Å². The molecule has 3 rings (SSSR count). The highest BCUT2D eigenvalue weighted by molar-refractivity contribution is 7.13. The van der Waals surface area contributed by atoms with Gasteiger partial charge >= 0.3 is 0 Å². The third-order valence-corrected chi connectivity index (χ3v) is 4.34. The van der Waals surface area contributed by atoms with Gasteiger partial charge in [0.1, 0.15) is 10.8 Å². The second kappa shape index (κ2) is 8.54. The summed E-state index contributed by atoms with van der Waals surface area (Å²) in [5, 5.41) is 11.2. The van der Waals surface area contributed by atoms with Gasteiger partial charge in [-0.2, -0.15) is 0 Å². The van der Waals surface area contributed by atoms with Crippen molar-refractivity contribution < 1.29 is 14.1 Å². The molecule has 0 radical (unpaired) electrons. The highest BCUT2D eigenvalue weighted by atomic mass is 35.5. The predicted molar refractivity (Wildman–Crippen MR) is 96.1 cm³/mol. The lowest BCUT2D eigenvalue weighted by atomic mass is 10.3. The quantitative estimate of drug-likeness (QED) is 0.598. The molecule has 8 nitrogen and oxygen atoms in total. The Labute approximate surface area is 157 Å². The minimum absolute atomic E-state index is 0.144. The van der Waals surface area contributed by atoms with Crippen LogP contribution < -0.4 is 10.6 Å². The Bertz CT molecular complexity index is 897. The molecule has 0 aliphatic heterocycles. The average Bonchev–Trinajstić information content (AvgIpc) is 3.32. The van der Waals surface area contributed by atoms with E-state index < -0.39 is 0 Å². The fourth-order valence-electron chi connectivity index (χ4n) is 2.04. The van der Waals surface area contributed by atoms with Crippen LogP contribution in [0, 0.1) is 0 Å². The maximum absolute atomic E-state index is 12.0. The molecule has 0 fully saturated rings. The summed E-state index contributed by atoms with van der Waals surface area (Å²) in [6.45, 7) is 0.744. The molecule has 0 spiro atoms. The van der Waals surface area contributed by atoms with Gasteiger partial charge in [-0.15, -0.1) is 11.3 Å². The second-order valence-corrected chi connectivity index (χ2v) is 6.48. The van der Waals surface area contributed by atoms with Gasteiger partial charge in [-0.1, -0.05) is 22.8 Å². The monoisotopic (exact) mass is 391 g/mol. The molecule has 0 aliphatic rings. The first-order valence-corrected chi connectivity index (χ1v) is 8.94. The number of halogens is 1. The van der Waals surface area contributed by atoms with Gasteiger partial charge in [0.2, 0.25) is 0 Å². The molecule has 2 N–H and O–H groups in total. The molecule has 26 heavy (non-hydrogen) atoms. The molecule has 3 aromatic rings. The molecular formula is C16H14ClN5O3S. The van der Waals surface area contributed by atoms with Gasteiger partial charge in [0.25, 0.3) is 11.8 Å². The summed E-state index contributed by atoms with van der Waals surface area (Å²) in [4.78, 5) is 32.5. The molecule has 0 unspecified atom stereocenters. The van der Waals surface area contributed by atoms with Crippen molar-refractivity contribution in [2.24, 2.45) is 0 Å². The van der Waals surface area contributed by atoms with Crippen molar-refractivity contribution in [1.82, 2.24) is 25.8 Å². The van der Waals surface area contributed by atoms with E-state index in [0.29, 0.717) is 25.3 Å². The molecule has 0 aromatic carbocycles. The highest BCUT2D eigenvalue weighted by Crippen LogP contribution is 2.24. The van der Waals surface area contributed by atoms with Crippen molar-refractivity contribution in [2.75, 3.05) is 13.1 Å². The van der Waals surface area contributed by atoms with E-state index in [4.69, 9.17) is 16.1 Å². The molecule has 10 heteroatoms. The number of rotatable bonds is 7. The first-order valence-electron chi connectivity index (χ1n) is 7.68. The zero-order chi connectivity index (χ0) is 18.4. The van der Waals surface area contributed by atoms with Crippen LogP contribution in [0.25, 0.3) is 10.6 Å². The number of amides is 2. The lowest BCUT2D eigenvalue weighted by Crippen LogP contribution is -2.30. The third kappa shape index (κ3) is 4.64. The van der Waals surface area contributed by atoms with Gasteiger partial charge in [0.15, 0.2) is 11.5 Å². The van der Waals surface area contributed by atoms with E-state index >= 15 is 0 Å². The van der Waals surface area contributed by atoms with Crippen molar-refractivity contribution >= 4 is 34.8 Å². The summed E-state index contributed by atoms with van der Waals surface area (Å²) in [5.74, 6) is -0.146. The Balaban J connectivity index is 1.40. The first kappa shape index (κ1) is 18.0. The molecule has 0 saturated heterocycles. The maximum atomic E-state index is 12.0. The van der Waals surface area contributed by atoms with Crippen LogP contribution in [0.4, 0.5) is 0 Å². The normalized spacial score (nSPS) is 10.5. The SMILES string of the molecule is O=C(NCCCNC(=O)c1cncc(Cl)n1)c1cc(-c2cccs2)on1. The van der Waals surface area contributed by atoms with Crippen molar-refractivity contribution in [3.8, 4) is 10.6 Å². The Morgan fingerprint density at radius 2 is 1.92 bits per heavy atom. The van der Waals surface area contributed by atoms with E-state index in [1.807, 2.05) is 17.5 Å². The fraction of sp³-hybridized carbons (Fsp3) is 0.188. The van der Waals surface area contributed by atoms with Crippen LogP contribution in [0.2, 0.25) is 5.15 Å². The maximum Gasteiger partial charge on any atom is 0.273 e. The summed E-state index contributed by atoms with van der Waals surface area (Å²) < 4.78 is 5.17. The highest BCUT2D eigenvalue weighted by Gasteiger charge is 2.14. The topological polar surface area (TPSA) is 110 Å². The van der Waals surface area contributed by atoms with Gasteiger partial charge < -0.3 is 15.2 Å². The average molecular weight is 392 g/mol. The minimum Gasteiger partial charge on any atom is -0.355 e. The number of aromatic nitrogens is 3. The lowest BCUT2D eigenvalue weighted by molar-refractivity contribution is 0.0943. The van der Waals surface area contributed by atoms with E-state index in [9.17, 15) is 9.59 Å². The van der Waals surface area contributed by atoms with Crippen LogP contribution in [0.15, 0.2) is 40.5 Å². The van der Waals surface area contributed by atoms with E-state index in [1.54, 1.807) is 6.07 Å². The molecule has 0 atom stereocenters. The first-order chi connectivity index (χ1) is 12.6. The van der Waals surface area contributed by atoms with Gasteiger partial charge in [0.05, 0.1) is 17.3 Å². The zero-order valence-corrected chi connectivity index (χ0v) is 15.0. The summed E-state index contributed by atoms with van der Waals surface area (Å²) in [6.07, 6.45) is 3.22. The van der Waals surface area contributed by atoms with Gasteiger partial charge in [0, 0.05) is 19.2 Å². The molecule has 0 aliphatic carbocycles. The Morgan fingerprint density at radius 3 is 2.62 bits per heavy atom. The van der Waals surface area contributed by atoms with Crippen LogP contribution in [0.5, 0.6) is 0 Å². The predicted octanol–water partition coefficient (Wildman–Crippen LogP) is 2.40. The van der Waals surface area contributed by atoms with Gasteiger partial charge in [-0.3, -0.25) is 14.6 Å². The number of carbonyl (C=O) groups excluding carboxylic acids is 2. The minimum atomic E-state index is -0.372. The van der Waals surface area contributed by atoms with Crippen molar-refractivity contribution in [3.05, 3.63) is 52.5 Å². The fourth-order valence-corrected chi connectivity index (χ4v) is 2.86. The molecular weight excluding hydrogens is 378 g/mol. The summed E-state index contributed by atoms with van der Waals surface area (Å²) in [7, 11) is 0. The molecule has 3 aromatic heterocycles. The van der Waals surface area contributed by atoms with E-state index in [0.717, 1.165) is 4.88 Å².